The molecular formula is C13H17N3O2. The number of nitrogens with zero attached hydrogens (tertiary/aromatic N) is 2. The third-order valence-electron chi connectivity index (χ3n) is 3.24. The molecule has 0 radical (unpaired) electrons. The Morgan fingerprint density at radius 3 is 2.83 bits per heavy atom. The molecule has 0 saturated carbocycles. The van der Waals surface area contributed by atoms with Crippen LogP contribution in [-0.4, -0.2) is 32.0 Å². The average Bonchev–Trinajstić information content (AvgIpc) is 2.49. The number of aryl methyl sites for hydroxylation is 1. The minimum absolute atomic E-state index is 0.0119. The van der Waals surface area contributed by atoms with Gasteiger partial charge in [-0.2, -0.15) is 0 Å². The molecule has 2 rings (SSSR count). The monoisotopic (exact) mass is 247 g/mol. The first-order chi connectivity index (χ1) is 8.56. The summed E-state index contributed by atoms with van der Waals surface area (Å²) in [6.45, 7) is 2.26. The summed E-state index contributed by atoms with van der Waals surface area (Å²) >= 11 is 0. The normalized spacial score (nSPS) is 15.4. The Balaban J connectivity index is 2.58. The Kier molecular flexibility index (Phi) is 3.34. The van der Waals surface area contributed by atoms with Crippen molar-refractivity contribution in [3.63, 3.8) is 0 Å². The van der Waals surface area contributed by atoms with Crippen LogP contribution >= 0.6 is 0 Å². The molecule has 96 valence electrons. The molecule has 1 aromatic carbocycles. The van der Waals surface area contributed by atoms with Crippen molar-refractivity contribution in [2.45, 2.75) is 13.3 Å². The van der Waals surface area contributed by atoms with Gasteiger partial charge in [-0.1, -0.05) is 12.1 Å². The Hall–Kier alpha value is -1.88. The van der Waals surface area contributed by atoms with Crippen molar-refractivity contribution in [1.82, 2.24) is 0 Å². The Labute approximate surface area is 106 Å². The number of fused-ring (bicyclic) bond motifs is 1. The molecule has 0 atom stereocenters. The molecular weight excluding hydrogens is 230 g/mol. The van der Waals surface area contributed by atoms with E-state index < -0.39 is 0 Å². The standard InChI is InChI=1S/C13H17N3O2/c1-9-4-3-5-10-13(9)15(2)11(17)6-7-16(10)12(18)8-14/h3-5H,6-8,14H2,1-2H3. The lowest BCUT2D eigenvalue weighted by molar-refractivity contribution is -0.118. The van der Waals surface area contributed by atoms with Gasteiger partial charge in [0.2, 0.25) is 11.8 Å². The quantitative estimate of drug-likeness (QED) is 0.792. The summed E-state index contributed by atoms with van der Waals surface area (Å²) in [4.78, 5) is 27.0. The van der Waals surface area contributed by atoms with E-state index in [0.29, 0.717) is 13.0 Å². The molecule has 5 heteroatoms. The maximum Gasteiger partial charge on any atom is 0.240 e. The fourth-order valence-corrected chi connectivity index (χ4v) is 2.29. The summed E-state index contributed by atoms with van der Waals surface area (Å²) in [5, 5.41) is 0. The number of para-hydroxylation sites is 1. The van der Waals surface area contributed by atoms with Crippen molar-refractivity contribution in [2.75, 3.05) is 29.9 Å². The Morgan fingerprint density at radius 2 is 2.17 bits per heavy atom. The smallest absolute Gasteiger partial charge is 0.240 e. The number of rotatable bonds is 1. The molecule has 2 N–H and O–H groups in total. The molecule has 0 aromatic heterocycles. The van der Waals surface area contributed by atoms with E-state index in [1.807, 2.05) is 25.1 Å². The van der Waals surface area contributed by atoms with Gasteiger partial charge >= 0.3 is 0 Å². The topological polar surface area (TPSA) is 66.6 Å². The number of carbonyl (C=O) groups excluding carboxylic acids is 2. The van der Waals surface area contributed by atoms with Crippen LogP contribution in [0.2, 0.25) is 0 Å². The summed E-state index contributed by atoms with van der Waals surface area (Å²) in [5.74, 6) is -0.150. The van der Waals surface area contributed by atoms with E-state index in [2.05, 4.69) is 0 Å². The highest BCUT2D eigenvalue weighted by atomic mass is 16.2. The van der Waals surface area contributed by atoms with Crippen molar-refractivity contribution >= 4 is 23.2 Å². The third kappa shape index (κ3) is 1.97. The van der Waals surface area contributed by atoms with Gasteiger partial charge in [-0.3, -0.25) is 9.59 Å². The number of anilines is 2. The molecule has 0 fully saturated rings. The second kappa shape index (κ2) is 4.78. The van der Waals surface area contributed by atoms with Crippen LogP contribution in [0.5, 0.6) is 0 Å². The summed E-state index contributed by atoms with van der Waals surface area (Å²) in [6.07, 6.45) is 0.316. The minimum atomic E-state index is -0.162. The van der Waals surface area contributed by atoms with Crippen LogP contribution in [-0.2, 0) is 9.59 Å². The lowest BCUT2D eigenvalue weighted by atomic mass is 10.1. The molecule has 5 nitrogen and oxygen atoms in total. The van der Waals surface area contributed by atoms with Crippen LogP contribution in [0.25, 0.3) is 0 Å². The van der Waals surface area contributed by atoms with Crippen LogP contribution in [0.4, 0.5) is 11.4 Å². The number of nitrogens with two attached hydrogens (primary N) is 1. The molecule has 1 aliphatic rings. The third-order valence-corrected chi connectivity index (χ3v) is 3.24. The highest BCUT2D eigenvalue weighted by Gasteiger charge is 2.27. The number of hydrogen-bond donors (Lipinski definition) is 1. The van der Waals surface area contributed by atoms with Crippen molar-refractivity contribution in [3.8, 4) is 0 Å². The molecule has 0 aliphatic carbocycles. The minimum Gasteiger partial charge on any atom is -0.322 e. The van der Waals surface area contributed by atoms with Gasteiger partial charge in [0, 0.05) is 20.0 Å². The fourth-order valence-electron chi connectivity index (χ4n) is 2.29. The Morgan fingerprint density at radius 1 is 1.44 bits per heavy atom. The highest BCUT2D eigenvalue weighted by Crippen LogP contribution is 2.34. The van der Waals surface area contributed by atoms with E-state index in [9.17, 15) is 9.59 Å². The molecule has 1 aliphatic heterocycles. The van der Waals surface area contributed by atoms with Crippen LogP contribution in [0.1, 0.15) is 12.0 Å². The molecule has 0 spiro atoms. The van der Waals surface area contributed by atoms with E-state index in [1.54, 1.807) is 16.8 Å². The SMILES string of the molecule is Cc1cccc2c1N(C)C(=O)CCN2C(=O)CN. The van der Waals surface area contributed by atoms with Gasteiger partial charge in [0.1, 0.15) is 0 Å². The predicted octanol–water partition coefficient (Wildman–Crippen LogP) is 0.653. The van der Waals surface area contributed by atoms with Crippen molar-refractivity contribution in [2.24, 2.45) is 5.73 Å². The van der Waals surface area contributed by atoms with Crippen LogP contribution in [0.3, 0.4) is 0 Å². The number of carbonyl (C=O) groups is 2. The van der Waals surface area contributed by atoms with Crippen molar-refractivity contribution in [3.05, 3.63) is 23.8 Å². The zero-order chi connectivity index (χ0) is 13.3. The molecule has 18 heavy (non-hydrogen) atoms. The largest absolute Gasteiger partial charge is 0.322 e. The zero-order valence-corrected chi connectivity index (χ0v) is 10.6. The van der Waals surface area contributed by atoms with Crippen LogP contribution in [0.15, 0.2) is 18.2 Å². The second-order valence-electron chi connectivity index (χ2n) is 4.39. The van der Waals surface area contributed by atoms with Gasteiger partial charge < -0.3 is 15.5 Å². The molecule has 0 bridgehead atoms. The average molecular weight is 247 g/mol. The molecule has 1 heterocycles. The van der Waals surface area contributed by atoms with Gasteiger partial charge in [0.05, 0.1) is 17.9 Å². The second-order valence-corrected chi connectivity index (χ2v) is 4.39. The first-order valence-corrected chi connectivity index (χ1v) is 5.93. The summed E-state index contributed by atoms with van der Waals surface area (Å²) in [5.41, 5.74) is 7.96. The number of benzene rings is 1. The first kappa shape index (κ1) is 12.6. The molecule has 0 saturated heterocycles. The van der Waals surface area contributed by atoms with E-state index in [1.165, 1.54) is 0 Å². The van der Waals surface area contributed by atoms with Gasteiger partial charge in [-0.15, -0.1) is 0 Å². The maximum atomic E-state index is 11.9. The number of amides is 2. The van der Waals surface area contributed by atoms with E-state index >= 15 is 0 Å². The van der Waals surface area contributed by atoms with Crippen LogP contribution in [0, 0.1) is 6.92 Å². The van der Waals surface area contributed by atoms with Gasteiger partial charge in [0.15, 0.2) is 0 Å². The van der Waals surface area contributed by atoms with Crippen molar-refractivity contribution in [1.29, 1.82) is 0 Å². The van der Waals surface area contributed by atoms with Crippen molar-refractivity contribution < 1.29 is 9.59 Å². The molecule has 2 amide bonds. The lowest BCUT2D eigenvalue weighted by Gasteiger charge is -2.24. The zero-order valence-electron chi connectivity index (χ0n) is 10.6. The molecule has 1 aromatic rings. The lowest BCUT2D eigenvalue weighted by Crippen LogP contribution is -2.36. The van der Waals surface area contributed by atoms with E-state index in [0.717, 1.165) is 16.9 Å². The summed E-state index contributed by atoms with van der Waals surface area (Å²) < 4.78 is 0. The first-order valence-electron chi connectivity index (χ1n) is 5.93. The van der Waals surface area contributed by atoms with Crippen LogP contribution < -0.4 is 15.5 Å². The van der Waals surface area contributed by atoms with E-state index in [-0.39, 0.29) is 18.4 Å². The van der Waals surface area contributed by atoms with Gasteiger partial charge in [-0.05, 0) is 18.6 Å². The fraction of sp³-hybridized carbons (Fsp3) is 0.385. The summed E-state index contributed by atoms with van der Waals surface area (Å²) in [6, 6.07) is 5.67. The highest BCUT2D eigenvalue weighted by molar-refractivity contribution is 6.05. The number of hydrogen-bond acceptors (Lipinski definition) is 3. The van der Waals surface area contributed by atoms with Gasteiger partial charge in [-0.25, -0.2) is 0 Å². The Bertz CT molecular complexity index is 499. The summed E-state index contributed by atoms with van der Waals surface area (Å²) in [7, 11) is 1.74. The van der Waals surface area contributed by atoms with E-state index in [4.69, 9.17) is 5.73 Å². The predicted molar refractivity (Wildman–Crippen MR) is 70.6 cm³/mol. The van der Waals surface area contributed by atoms with Gasteiger partial charge in [0.25, 0.3) is 0 Å². The maximum absolute atomic E-state index is 11.9. The molecule has 0 unspecified atom stereocenters.